The van der Waals surface area contributed by atoms with Crippen molar-refractivity contribution in [2.75, 3.05) is 25.5 Å². The zero-order chi connectivity index (χ0) is 15.3. The van der Waals surface area contributed by atoms with Crippen LogP contribution in [0.2, 0.25) is 0 Å². The number of nitrogens with one attached hydrogen (secondary N) is 1. The standard InChI is InChI=1S/C12H18N4O4/c1-8(2)15(3)5-4-13-11-10(12(17)18)6-9(7-14-11)16(19)20/h6-8H,4-5H2,1-3H3,(H,13,14)(H,17,18). The number of carboxylic acids is 1. The fraction of sp³-hybridized carbons (Fsp3) is 0.500. The lowest BCUT2D eigenvalue weighted by Gasteiger charge is -2.21. The molecule has 1 aromatic rings. The van der Waals surface area contributed by atoms with E-state index >= 15 is 0 Å². The average Bonchev–Trinajstić information content (AvgIpc) is 2.38. The summed E-state index contributed by atoms with van der Waals surface area (Å²) in [6.45, 7) is 5.30. The van der Waals surface area contributed by atoms with Crippen molar-refractivity contribution >= 4 is 17.5 Å². The van der Waals surface area contributed by atoms with E-state index < -0.39 is 10.9 Å². The number of nitrogens with zero attached hydrogens (tertiary/aromatic N) is 3. The lowest BCUT2D eigenvalue weighted by atomic mass is 10.2. The largest absolute Gasteiger partial charge is 0.478 e. The summed E-state index contributed by atoms with van der Waals surface area (Å²) in [4.78, 5) is 26.9. The summed E-state index contributed by atoms with van der Waals surface area (Å²) in [5.41, 5.74) is -0.543. The maximum absolute atomic E-state index is 11.1. The first-order chi connectivity index (χ1) is 9.32. The number of rotatable bonds is 7. The molecule has 0 bridgehead atoms. The van der Waals surface area contributed by atoms with Crippen LogP contribution in [-0.2, 0) is 0 Å². The normalized spacial score (nSPS) is 10.8. The van der Waals surface area contributed by atoms with Crippen LogP contribution in [-0.4, -0.2) is 52.1 Å². The van der Waals surface area contributed by atoms with Crippen LogP contribution in [0.15, 0.2) is 12.3 Å². The number of aromatic nitrogens is 1. The van der Waals surface area contributed by atoms with E-state index in [1.165, 1.54) is 0 Å². The molecule has 0 atom stereocenters. The fourth-order valence-corrected chi connectivity index (χ4v) is 1.47. The van der Waals surface area contributed by atoms with Crippen molar-refractivity contribution < 1.29 is 14.8 Å². The Bertz CT molecular complexity index is 504. The number of nitro groups is 1. The van der Waals surface area contributed by atoms with Gasteiger partial charge in [-0.15, -0.1) is 0 Å². The monoisotopic (exact) mass is 282 g/mol. The van der Waals surface area contributed by atoms with E-state index in [9.17, 15) is 14.9 Å². The maximum atomic E-state index is 11.1. The number of aromatic carboxylic acids is 1. The van der Waals surface area contributed by atoms with Gasteiger partial charge in [-0.1, -0.05) is 0 Å². The molecular weight excluding hydrogens is 264 g/mol. The first kappa shape index (κ1) is 15.8. The van der Waals surface area contributed by atoms with Gasteiger partial charge < -0.3 is 15.3 Å². The Balaban J connectivity index is 2.79. The summed E-state index contributed by atoms with van der Waals surface area (Å²) in [5.74, 6) is -1.11. The molecule has 0 spiro atoms. The molecule has 1 rings (SSSR count). The highest BCUT2D eigenvalue weighted by molar-refractivity contribution is 5.93. The minimum atomic E-state index is -1.25. The predicted molar refractivity (Wildman–Crippen MR) is 74.1 cm³/mol. The van der Waals surface area contributed by atoms with Crippen molar-refractivity contribution in [1.29, 1.82) is 0 Å². The zero-order valence-corrected chi connectivity index (χ0v) is 11.7. The van der Waals surface area contributed by atoms with Crippen LogP contribution in [0.25, 0.3) is 0 Å². The Morgan fingerprint density at radius 2 is 2.25 bits per heavy atom. The zero-order valence-electron chi connectivity index (χ0n) is 11.7. The van der Waals surface area contributed by atoms with E-state index in [4.69, 9.17) is 5.11 Å². The Hall–Kier alpha value is -2.22. The van der Waals surface area contributed by atoms with Gasteiger partial charge in [-0.3, -0.25) is 10.1 Å². The van der Waals surface area contributed by atoms with Crippen LogP contribution in [0.1, 0.15) is 24.2 Å². The molecule has 0 aliphatic rings. The van der Waals surface area contributed by atoms with Crippen molar-refractivity contribution in [2.24, 2.45) is 0 Å². The van der Waals surface area contributed by atoms with Gasteiger partial charge in [0.2, 0.25) is 0 Å². The number of likely N-dealkylation sites (N-methyl/N-ethyl adjacent to an activating group) is 1. The molecule has 1 aromatic heterocycles. The summed E-state index contributed by atoms with van der Waals surface area (Å²) in [5, 5.41) is 22.6. The first-order valence-corrected chi connectivity index (χ1v) is 6.14. The molecule has 0 fully saturated rings. The molecule has 2 N–H and O–H groups in total. The maximum Gasteiger partial charge on any atom is 0.339 e. The Kier molecular flexibility index (Phi) is 5.39. The Labute approximate surface area is 116 Å². The van der Waals surface area contributed by atoms with Crippen molar-refractivity contribution in [3.63, 3.8) is 0 Å². The van der Waals surface area contributed by atoms with Gasteiger partial charge in [0.25, 0.3) is 5.69 Å². The van der Waals surface area contributed by atoms with Gasteiger partial charge >= 0.3 is 5.97 Å². The third-order valence-electron chi connectivity index (χ3n) is 2.95. The van der Waals surface area contributed by atoms with Crippen LogP contribution >= 0.6 is 0 Å². The van der Waals surface area contributed by atoms with E-state index in [-0.39, 0.29) is 17.1 Å². The topological polar surface area (TPSA) is 109 Å². The molecule has 0 saturated heterocycles. The summed E-state index contributed by atoms with van der Waals surface area (Å²) in [7, 11) is 1.95. The van der Waals surface area contributed by atoms with Gasteiger partial charge in [-0.25, -0.2) is 9.78 Å². The minimum Gasteiger partial charge on any atom is -0.478 e. The van der Waals surface area contributed by atoms with Crippen LogP contribution in [0.3, 0.4) is 0 Å². The molecule has 0 unspecified atom stereocenters. The molecule has 8 nitrogen and oxygen atoms in total. The first-order valence-electron chi connectivity index (χ1n) is 6.14. The van der Waals surface area contributed by atoms with Crippen LogP contribution in [0.4, 0.5) is 11.5 Å². The number of anilines is 1. The van der Waals surface area contributed by atoms with E-state index in [0.29, 0.717) is 19.1 Å². The summed E-state index contributed by atoms with van der Waals surface area (Å²) < 4.78 is 0. The summed E-state index contributed by atoms with van der Waals surface area (Å²) in [6, 6.07) is 1.38. The molecule has 0 saturated carbocycles. The Morgan fingerprint density at radius 3 is 2.75 bits per heavy atom. The van der Waals surface area contributed by atoms with E-state index in [1.54, 1.807) is 0 Å². The van der Waals surface area contributed by atoms with Gasteiger partial charge in [0, 0.05) is 25.2 Å². The van der Waals surface area contributed by atoms with Gasteiger partial charge in [-0.05, 0) is 20.9 Å². The van der Waals surface area contributed by atoms with Gasteiger partial charge in [-0.2, -0.15) is 0 Å². The highest BCUT2D eigenvalue weighted by Crippen LogP contribution is 2.18. The van der Waals surface area contributed by atoms with E-state index in [1.807, 2.05) is 20.9 Å². The molecule has 0 radical (unpaired) electrons. The molecule has 110 valence electrons. The smallest absolute Gasteiger partial charge is 0.339 e. The summed E-state index contributed by atoms with van der Waals surface area (Å²) in [6.07, 6.45) is 1.04. The fourth-order valence-electron chi connectivity index (χ4n) is 1.47. The van der Waals surface area contributed by atoms with Crippen LogP contribution in [0.5, 0.6) is 0 Å². The van der Waals surface area contributed by atoms with Gasteiger partial charge in [0.05, 0.1) is 4.92 Å². The lowest BCUT2D eigenvalue weighted by Crippen LogP contribution is -2.31. The second-order valence-electron chi connectivity index (χ2n) is 4.65. The van der Waals surface area contributed by atoms with Gasteiger partial charge in [0.15, 0.2) is 0 Å². The second-order valence-corrected chi connectivity index (χ2v) is 4.65. The molecule has 8 heteroatoms. The van der Waals surface area contributed by atoms with Crippen molar-refractivity contribution in [3.8, 4) is 0 Å². The predicted octanol–water partition coefficient (Wildman–Crippen LogP) is 1.44. The van der Waals surface area contributed by atoms with Crippen LogP contribution < -0.4 is 5.32 Å². The third-order valence-corrected chi connectivity index (χ3v) is 2.95. The number of carbonyl (C=O) groups is 1. The molecule has 20 heavy (non-hydrogen) atoms. The highest BCUT2D eigenvalue weighted by atomic mass is 16.6. The van der Waals surface area contributed by atoms with Crippen molar-refractivity contribution in [2.45, 2.75) is 19.9 Å². The lowest BCUT2D eigenvalue weighted by molar-refractivity contribution is -0.385. The van der Waals surface area contributed by atoms with Crippen molar-refractivity contribution in [3.05, 3.63) is 27.9 Å². The second kappa shape index (κ2) is 6.80. The summed E-state index contributed by atoms with van der Waals surface area (Å²) >= 11 is 0. The minimum absolute atomic E-state index is 0.139. The molecule has 0 aliphatic heterocycles. The highest BCUT2D eigenvalue weighted by Gasteiger charge is 2.17. The van der Waals surface area contributed by atoms with Crippen LogP contribution in [0, 0.1) is 10.1 Å². The number of hydrogen-bond acceptors (Lipinski definition) is 6. The quantitative estimate of drug-likeness (QED) is 0.575. The molecule has 0 aliphatic carbocycles. The molecule has 0 aromatic carbocycles. The average molecular weight is 282 g/mol. The number of carboxylic acid groups (broad SMARTS) is 1. The molecular formula is C12H18N4O4. The molecule has 0 amide bonds. The van der Waals surface area contributed by atoms with E-state index in [0.717, 1.165) is 12.3 Å². The number of pyridine rings is 1. The number of hydrogen-bond donors (Lipinski definition) is 2. The molecule has 1 heterocycles. The SMILES string of the molecule is CC(C)N(C)CCNc1ncc([N+](=O)[O-])cc1C(=O)O. The Morgan fingerprint density at radius 1 is 1.60 bits per heavy atom. The van der Waals surface area contributed by atoms with Gasteiger partial charge in [0.1, 0.15) is 17.6 Å². The van der Waals surface area contributed by atoms with Crippen molar-refractivity contribution in [1.82, 2.24) is 9.88 Å². The van der Waals surface area contributed by atoms with E-state index in [2.05, 4.69) is 15.2 Å². The third kappa shape index (κ3) is 4.16.